The maximum atomic E-state index is 12.9. The molecule has 0 saturated heterocycles. The highest BCUT2D eigenvalue weighted by atomic mass is 19.4. The molecular weight excluding hydrogens is 363 g/mol. The van der Waals surface area contributed by atoms with Crippen LogP contribution in [0.5, 0.6) is 5.88 Å². The smallest absolute Gasteiger partial charge is 0.423 e. The second-order valence-corrected chi connectivity index (χ2v) is 6.13. The van der Waals surface area contributed by atoms with Crippen molar-refractivity contribution in [3.63, 3.8) is 0 Å². The van der Waals surface area contributed by atoms with E-state index in [-0.39, 0.29) is 12.0 Å². The van der Waals surface area contributed by atoms with Gasteiger partial charge in [-0.15, -0.1) is 0 Å². The van der Waals surface area contributed by atoms with Crippen LogP contribution in [0.2, 0.25) is 0 Å². The van der Waals surface area contributed by atoms with Crippen LogP contribution in [-0.2, 0) is 12.7 Å². The van der Waals surface area contributed by atoms with Crippen LogP contribution in [-0.4, -0.2) is 36.4 Å². The molecule has 0 amide bonds. The molecule has 0 aromatic carbocycles. The minimum absolute atomic E-state index is 0.00424. The number of anilines is 2. The van der Waals surface area contributed by atoms with Gasteiger partial charge in [0.05, 0.1) is 18.5 Å². The van der Waals surface area contributed by atoms with Crippen LogP contribution in [0.3, 0.4) is 0 Å². The van der Waals surface area contributed by atoms with Crippen LogP contribution in [0.4, 0.5) is 24.8 Å². The summed E-state index contributed by atoms with van der Waals surface area (Å²) in [6, 6.07) is 0.0114. The SMILES string of the molecule is COc1nc(Nc2cn([C@@H]3CCn4ccnc43)nc2C)ncc1C(F)(F)F. The lowest BCUT2D eigenvalue weighted by Crippen LogP contribution is -2.11. The van der Waals surface area contributed by atoms with Gasteiger partial charge in [0.1, 0.15) is 17.4 Å². The summed E-state index contributed by atoms with van der Waals surface area (Å²) in [5, 5.41) is 7.41. The summed E-state index contributed by atoms with van der Waals surface area (Å²) in [7, 11) is 1.13. The fourth-order valence-electron chi connectivity index (χ4n) is 3.11. The normalized spacial score (nSPS) is 16.4. The third-order valence-corrected chi connectivity index (χ3v) is 4.42. The van der Waals surface area contributed by atoms with E-state index >= 15 is 0 Å². The van der Waals surface area contributed by atoms with Crippen LogP contribution < -0.4 is 10.1 Å². The number of aromatic nitrogens is 6. The number of alkyl halides is 3. The Bertz CT molecular complexity index is 979. The molecule has 11 heteroatoms. The topological polar surface area (TPSA) is 82.7 Å². The predicted molar refractivity (Wildman–Crippen MR) is 88.8 cm³/mol. The lowest BCUT2D eigenvalue weighted by atomic mass is 10.2. The van der Waals surface area contributed by atoms with Crippen molar-refractivity contribution in [2.75, 3.05) is 12.4 Å². The summed E-state index contributed by atoms with van der Waals surface area (Å²) in [4.78, 5) is 11.9. The predicted octanol–water partition coefficient (Wildman–Crippen LogP) is 2.94. The molecule has 0 unspecified atom stereocenters. The van der Waals surface area contributed by atoms with Crippen molar-refractivity contribution in [1.82, 2.24) is 29.3 Å². The average Bonchev–Trinajstić information content (AvgIpc) is 3.30. The second-order valence-electron chi connectivity index (χ2n) is 6.13. The highest BCUT2D eigenvalue weighted by Crippen LogP contribution is 2.35. The van der Waals surface area contributed by atoms with E-state index in [2.05, 4.69) is 29.9 Å². The number of methoxy groups -OCH3 is 1. The number of aryl methyl sites for hydroxylation is 2. The number of hydrogen-bond donors (Lipinski definition) is 1. The summed E-state index contributed by atoms with van der Waals surface area (Å²) in [5.74, 6) is 0.384. The molecule has 4 rings (SSSR count). The Morgan fingerprint density at radius 1 is 1.30 bits per heavy atom. The molecule has 1 atom stereocenters. The Balaban J connectivity index is 1.60. The number of halogens is 3. The highest BCUT2D eigenvalue weighted by Gasteiger charge is 2.36. The number of hydrogen-bond acceptors (Lipinski definition) is 6. The zero-order valence-corrected chi connectivity index (χ0v) is 14.5. The molecule has 0 spiro atoms. The zero-order chi connectivity index (χ0) is 19.2. The van der Waals surface area contributed by atoms with Gasteiger partial charge in [-0.1, -0.05) is 0 Å². The molecule has 3 aromatic rings. The molecule has 8 nitrogen and oxygen atoms in total. The van der Waals surface area contributed by atoms with Gasteiger partial charge in [-0.25, -0.2) is 9.97 Å². The summed E-state index contributed by atoms with van der Waals surface area (Å²) in [6.07, 6.45) is 2.43. The summed E-state index contributed by atoms with van der Waals surface area (Å²) < 4.78 is 47.4. The van der Waals surface area contributed by atoms with Crippen molar-refractivity contribution in [1.29, 1.82) is 0 Å². The van der Waals surface area contributed by atoms with Gasteiger partial charge in [0.2, 0.25) is 11.8 Å². The van der Waals surface area contributed by atoms with Crippen molar-refractivity contribution in [2.24, 2.45) is 0 Å². The first-order valence-corrected chi connectivity index (χ1v) is 8.19. The molecule has 1 aliphatic heterocycles. The van der Waals surface area contributed by atoms with Gasteiger partial charge in [0.15, 0.2) is 0 Å². The number of nitrogens with one attached hydrogen (secondary N) is 1. The summed E-state index contributed by atoms with van der Waals surface area (Å²) in [6.45, 7) is 2.66. The Morgan fingerprint density at radius 3 is 2.85 bits per heavy atom. The molecule has 3 aromatic heterocycles. The Labute approximate surface area is 152 Å². The number of ether oxygens (including phenoxy) is 1. The minimum Gasteiger partial charge on any atom is -0.480 e. The van der Waals surface area contributed by atoms with Crippen LogP contribution >= 0.6 is 0 Å². The summed E-state index contributed by atoms with van der Waals surface area (Å²) in [5.41, 5.74) is 0.241. The van der Waals surface area contributed by atoms with Gasteiger partial charge in [-0.2, -0.15) is 23.3 Å². The molecule has 0 aliphatic carbocycles. The second kappa shape index (κ2) is 6.25. The number of fused-ring (bicyclic) bond motifs is 1. The van der Waals surface area contributed by atoms with Crippen LogP contribution in [0.15, 0.2) is 24.8 Å². The van der Waals surface area contributed by atoms with E-state index in [9.17, 15) is 13.2 Å². The first-order chi connectivity index (χ1) is 12.9. The van der Waals surface area contributed by atoms with Crippen molar-refractivity contribution >= 4 is 11.6 Å². The molecule has 0 radical (unpaired) electrons. The van der Waals surface area contributed by atoms with Gasteiger partial charge in [-0.3, -0.25) is 4.68 Å². The molecule has 0 saturated carbocycles. The van der Waals surface area contributed by atoms with Gasteiger partial charge >= 0.3 is 6.18 Å². The van der Waals surface area contributed by atoms with Crippen molar-refractivity contribution in [3.8, 4) is 5.88 Å². The van der Waals surface area contributed by atoms with Gasteiger partial charge < -0.3 is 14.6 Å². The molecule has 0 bridgehead atoms. The van der Waals surface area contributed by atoms with Crippen LogP contribution in [0.25, 0.3) is 0 Å². The Kier molecular flexibility index (Phi) is 4.01. The third-order valence-electron chi connectivity index (χ3n) is 4.42. The molecule has 142 valence electrons. The molecular formula is C16H16F3N7O. The number of imidazole rings is 1. The van der Waals surface area contributed by atoms with E-state index in [4.69, 9.17) is 4.74 Å². The van der Waals surface area contributed by atoms with E-state index in [1.54, 1.807) is 24.0 Å². The monoisotopic (exact) mass is 379 g/mol. The van der Waals surface area contributed by atoms with E-state index < -0.39 is 17.6 Å². The molecule has 1 aliphatic rings. The number of nitrogens with zero attached hydrogens (tertiary/aromatic N) is 6. The fraction of sp³-hybridized carbons (Fsp3) is 0.375. The number of rotatable bonds is 4. The molecule has 27 heavy (non-hydrogen) atoms. The zero-order valence-electron chi connectivity index (χ0n) is 14.5. The van der Waals surface area contributed by atoms with E-state index in [0.29, 0.717) is 17.6 Å². The lowest BCUT2D eigenvalue weighted by Gasteiger charge is -2.11. The van der Waals surface area contributed by atoms with E-state index in [1.165, 1.54) is 0 Å². The highest BCUT2D eigenvalue weighted by molar-refractivity contribution is 5.55. The van der Waals surface area contributed by atoms with Gasteiger partial charge in [-0.05, 0) is 13.3 Å². The standard InChI is InChI=1S/C16H16F3N7O/c1-9-11(8-26(24-9)12-3-5-25-6-4-20-13(12)25)22-15-21-7-10(16(17,18)19)14(23-15)27-2/h4,6-8,12H,3,5H2,1-2H3,(H,21,22,23)/t12-/m1/s1. The largest absolute Gasteiger partial charge is 0.480 e. The van der Waals surface area contributed by atoms with Gasteiger partial charge in [0, 0.05) is 31.3 Å². The first-order valence-electron chi connectivity index (χ1n) is 8.19. The van der Waals surface area contributed by atoms with E-state index in [1.807, 2.05) is 6.20 Å². The van der Waals surface area contributed by atoms with E-state index in [0.717, 1.165) is 25.9 Å². The molecule has 0 fully saturated rings. The molecule has 1 N–H and O–H groups in total. The molecule has 4 heterocycles. The average molecular weight is 379 g/mol. The van der Waals surface area contributed by atoms with Crippen molar-refractivity contribution in [2.45, 2.75) is 32.1 Å². The Morgan fingerprint density at radius 2 is 2.11 bits per heavy atom. The van der Waals surface area contributed by atoms with Gasteiger partial charge in [0.25, 0.3) is 0 Å². The van der Waals surface area contributed by atoms with Crippen molar-refractivity contribution < 1.29 is 17.9 Å². The summed E-state index contributed by atoms with van der Waals surface area (Å²) >= 11 is 0. The maximum Gasteiger partial charge on any atom is 0.423 e. The van der Waals surface area contributed by atoms with Crippen LogP contribution in [0, 0.1) is 6.92 Å². The Hall–Kier alpha value is -3.11. The minimum atomic E-state index is -4.59. The third kappa shape index (κ3) is 3.09. The van der Waals surface area contributed by atoms with Crippen molar-refractivity contribution in [3.05, 3.63) is 41.9 Å². The lowest BCUT2D eigenvalue weighted by molar-refractivity contribution is -0.139. The maximum absolute atomic E-state index is 12.9. The fourth-order valence-corrected chi connectivity index (χ4v) is 3.11. The first kappa shape index (κ1) is 17.3. The van der Waals surface area contributed by atoms with Crippen LogP contribution in [0.1, 0.15) is 29.5 Å². The quantitative estimate of drug-likeness (QED) is 0.751.